The molecule has 1 aliphatic heterocycles. The van der Waals surface area contributed by atoms with Gasteiger partial charge in [-0.05, 0) is 44.0 Å². The summed E-state index contributed by atoms with van der Waals surface area (Å²) in [6, 6.07) is 9.53. The lowest BCUT2D eigenvalue weighted by Crippen LogP contribution is -2.30. The van der Waals surface area contributed by atoms with E-state index in [0.29, 0.717) is 0 Å². The number of aromatic nitrogens is 2. The standard InChI is InChI=1S/C16H18N2O2/c1-11-4-3-5-15-17-14(10-16(19)18(11)15)12-6-8-13(20-2)9-7-12/h6-11H,3-5H2,1-2H3. The van der Waals surface area contributed by atoms with Crippen molar-refractivity contribution in [3.63, 3.8) is 0 Å². The number of ether oxygens (including phenoxy) is 1. The molecule has 1 unspecified atom stereocenters. The fraction of sp³-hybridized carbons (Fsp3) is 0.375. The van der Waals surface area contributed by atoms with Gasteiger partial charge in [0.2, 0.25) is 0 Å². The molecule has 4 heteroatoms. The summed E-state index contributed by atoms with van der Waals surface area (Å²) in [5.74, 6) is 1.71. The van der Waals surface area contributed by atoms with E-state index < -0.39 is 0 Å². The summed E-state index contributed by atoms with van der Waals surface area (Å²) < 4.78 is 6.98. The van der Waals surface area contributed by atoms with Crippen molar-refractivity contribution >= 4 is 0 Å². The fourth-order valence-corrected chi connectivity index (χ4v) is 2.78. The Balaban J connectivity index is 2.06. The third-order valence-corrected chi connectivity index (χ3v) is 3.87. The molecule has 1 aromatic heterocycles. The van der Waals surface area contributed by atoms with E-state index in [1.54, 1.807) is 13.2 Å². The van der Waals surface area contributed by atoms with E-state index in [1.165, 1.54) is 0 Å². The zero-order chi connectivity index (χ0) is 14.1. The van der Waals surface area contributed by atoms with Crippen molar-refractivity contribution in [1.29, 1.82) is 0 Å². The molecule has 20 heavy (non-hydrogen) atoms. The van der Waals surface area contributed by atoms with Gasteiger partial charge in [0, 0.05) is 24.1 Å². The molecule has 2 aromatic rings. The smallest absolute Gasteiger partial charge is 0.254 e. The summed E-state index contributed by atoms with van der Waals surface area (Å²) >= 11 is 0. The Morgan fingerprint density at radius 1 is 1.30 bits per heavy atom. The maximum absolute atomic E-state index is 12.3. The molecule has 0 saturated heterocycles. The molecule has 1 aliphatic rings. The van der Waals surface area contributed by atoms with E-state index in [0.717, 1.165) is 42.1 Å². The second-order valence-electron chi connectivity index (χ2n) is 5.24. The average molecular weight is 270 g/mol. The van der Waals surface area contributed by atoms with E-state index in [-0.39, 0.29) is 11.6 Å². The molecular formula is C16H18N2O2. The molecule has 0 radical (unpaired) electrons. The molecule has 4 nitrogen and oxygen atoms in total. The van der Waals surface area contributed by atoms with Gasteiger partial charge in [-0.15, -0.1) is 0 Å². The lowest BCUT2D eigenvalue weighted by Gasteiger charge is -2.24. The van der Waals surface area contributed by atoms with Crippen LogP contribution in [0, 0.1) is 0 Å². The third-order valence-electron chi connectivity index (χ3n) is 3.87. The lowest BCUT2D eigenvalue weighted by molar-refractivity contribution is 0.405. The van der Waals surface area contributed by atoms with Crippen LogP contribution in [-0.2, 0) is 6.42 Å². The first-order chi connectivity index (χ1) is 9.69. The molecule has 3 rings (SSSR count). The third kappa shape index (κ3) is 2.22. The van der Waals surface area contributed by atoms with Crippen molar-refractivity contribution in [3.8, 4) is 17.0 Å². The number of rotatable bonds is 2. The maximum Gasteiger partial charge on any atom is 0.254 e. The quantitative estimate of drug-likeness (QED) is 0.843. The van der Waals surface area contributed by atoms with Gasteiger partial charge in [0.15, 0.2) is 0 Å². The summed E-state index contributed by atoms with van der Waals surface area (Å²) in [5, 5.41) is 0. The first kappa shape index (κ1) is 12.9. The van der Waals surface area contributed by atoms with Crippen molar-refractivity contribution in [3.05, 3.63) is 46.5 Å². The van der Waals surface area contributed by atoms with Crippen molar-refractivity contribution in [2.45, 2.75) is 32.2 Å². The van der Waals surface area contributed by atoms with Gasteiger partial charge in [-0.2, -0.15) is 0 Å². The van der Waals surface area contributed by atoms with Gasteiger partial charge in [0.25, 0.3) is 5.56 Å². The number of aryl methyl sites for hydroxylation is 1. The maximum atomic E-state index is 12.3. The van der Waals surface area contributed by atoms with Crippen molar-refractivity contribution in [2.24, 2.45) is 0 Å². The molecule has 0 saturated carbocycles. The first-order valence-electron chi connectivity index (χ1n) is 6.96. The molecule has 0 amide bonds. The highest BCUT2D eigenvalue weighted by molar-refractivity contribution is 5.59. The van der Waals surface area contributed by atoms with Gasteiger partial charge in [-0.3, -0.25) is 9.36 Å². The molecule has 0 bridgehead atoms. The molecular weight excluding hydrogens is 252 g/mol. The summed E-state index contributed by atoms with van der Waals surface area (Å²) in [7, 11) is 1.64. The van der Waals surface area contributed by atoms with Crippen LogP contribution >= 0.6 is 0 Å². The van der Waals surface area contributed by atoms with Gasteiger partial charge in [-0.25, -0.2) is 4.98 Å². The number of hydrogen-bond acceptors (Lipinski definition) is 3. The second kappa shape index (κ2) is 5.12. The van der Waals surface area contributed by atoms with Crippen molar-refractivity contribution in [2.75, 3.05) is 7.11 Å². The highest BCUT2D eigenvalue weighted by Gasteiger charge is 2.19. The van der Waals surface area contributed by atoms with E-state index >= 15 is 0 Å². The largest absolute Gasteiger partial charge is 0.497 e. The van der Waals surface area contributed by atoms with E-state index in [1.807, 2.05) is 28.8 Å². The van der Waals surface area contributed by atoms with E-state index in [9.17, 15) is 4.79 Å². The highest BCUT2D eigenvalue weighted by Crippen LogP contribution is 2.24. The van der Waals surface area contributed by atoms with Crippen LogP contribution in [0.3, 0.4) is 0 Å². The van der Waals surface area contributed by atoms with Gasteiger partial charge in [-0.1, -0.05) is 0 Å². The summed E-state index contributed by atoms with van der Waals surface area (Å²) in [4.78, 5) is 17.0. The minimum absolute atomic E-state index is 0.0491. The average Bonchev–Trinajstić information content (AvgIpc) is 2.47. The van der Waals surface area contributed by atoms with E-state index in [4.69, 9.17) is 4.74 Å². The second-order valence-corrected chi connectivity index (χ2v) is 5.24. The molecule has 0 N–H and O–H groups in total. The van der Waals surface area contributed by atoms with Crippen LogP contribution in [0.1, 0.15) is 31.6 Å². The lowest BCUT2D eigenvalue weighted by atomic mass is 10.0. The Kier molecular flexibility index (Phi) is 3.30. The predicted octanol–water partition coefficient (Wildman–Crippen LogP) is 2.82. The topological polar surface area (TPSA) is 44.1 Å². The van der Waals surface area contributed by atoms with Crippen LogP contribution in [0.2, 0.25) is 0 Å². The Morgan fingerprint density at radius 2 is 2.05 bits per heavy atom. The number of nitrogens with zero attached hydrogens (tertiary/aromatic N) is 2. The van der Waals surface area contributed by atoms with Gasteiger partial charge in [0.05, 0.1) is 12.8 Å². The molecule has 0 fully saturated rings. The Hall–Kier alpha value is -2.10. The molecule has 104 valence electrons. The monoisotopic (exact) mass is 270 g/mol. The SMILES string of the molecule is COc1ccc(-c2cc(=O)n3c(n2)CCCC3C)cc1. The molecule has 0 aliphatic carbocycles. The number of benzene rings is 1. The van der Waals surface area contributed by atoms with Crippen LogP contribution in [0.25, 0.3) is 11.3 Å². The zero-order valence-corrected chi connectivity index (χ0v) is 11.8. The van der Waals surface area contributed by atoms with Gasteiger partial charge >= 0.3 is 0 Å². The molecule has 1 atom stereocenters. The van der Waals surface area contributed by atoms with Crippen molar-refractivity contribution < 1.29 is 4.74 Å². The van der Waals surface area contributed by atoms with Crippen LogP contribution in [0.15, 0.2) is 35.1 Å². The summed E-state index contributed by atoms with van der Waals surface area (Å²) in [5.41, 5.74) is 1.75. The van der Waals surface area contributed by atoms with E-state index in [2.05, 4.69) is 11.9 Å². The summed E-state index contributed by atoms with van der Waals surface area (Å²) in [6.45, 7) is 2.08. The highest BCUT2D eigenvalue weighted by atomic mass is 16.5. The number of fused-ring (bicyclic) bond motifs is 1. The molecule has 1 aromatic carbocycles. The Labute approximate surface area is 118 Å². The van der Waals surface area contributed by atoms with Crippen LogP contribution < -0.4 is 10.3 Å². The van der Waals surface area contributed by atoms with Gasteiger partial charge in [0.1, 0.15) is 11.6 Å². The fourth-order valence-electron chi connectivity index (χ4n) is 2.78. The normalized spacial score (nSPS) is 17.6. The van der Waals surface area contributed by atoms with Crippen LogP contribution in [0.4, 0.5) is 0 Å². The van der Waals surface area contributed by atoms with Crippen LogP contribution in [0.5, 0.6) is 5.75 Å². The zero-order valence-electron chi connectivity index (χ0n) is 11.8. The predicted molar refractivity (Wildman–Crippen MR) is 78.1 cm³/mol. The molecule has 2 heterocycles. The first-order valence-corrected chi connectivity index (χ1v) is 6.96. The minimum Gasteiger partial charge on any atom is -0.497 e. The Morgan fingerprint density at radius 3 is 2.75 bits per heavy atom. The van der Waals surface area contributed by atoms with Crippen LogP contribution in [-0.4, -0.2) is 16.7 Å². The number of hydrogen-bond donors (Lipinski definition) is 0. The Bertz CT molecular complexity index is 674. The summed E-state index contributed by atoms with van der Waals surface area (Å²) in [6.07, 6.45) is 3.03. The minimum atomic E-state index is 0.0491. The molecule has 0 spiro atoms. The number of methoxy groups -OCH3 is 1. The van der Waals surface area contributed by atoms with Crippen molar-refractivity contribution in [1.82, 2.24) is 9.55 Å². The van der Waals surface area contributed by atoms with Gasteiger partial charge < -0.3 is 4.74 Å².